The van der Waals surface area contributed by atoms with E-state index in [4.69, 9.17) is 16.3 Å². The van der Waals surface area contributed by atoms with Crippen molar-refractivity contribution in [3.63, 3.8) is 0 Å². The number of nitrogens with one attached hydrogen (secondary N) is 2. The molecule has 0 unspecified atom stereocenters. The molecule has 3 amide bonds. The van der Waals surface area contributed by atoms with Crippen LogP contribution in [0.25, 0.3) is 0 Å². The Labute approximate surface area is 189 Å². The summed E-state index contributed by atoms with van der Waals surface area (Å²) >= 11 is 6.25. The monoisotopic (exact) mass is 452 g/mol. The Bertz CT molecular complexity index is 799. The summed E-state index contributed by atoms with van der Waals surface area (Å²) in [5.41, 5.74) is 0.517. The summed E-state index contributed by atoms with van der Waals surface area (Å²) in [5.74, 6) is 0.0589. The highest BCUT2D eigenvalue weighted by Gasteiger charge is 2.27. The van der Waals surface area contributed by atoms with Crippen molar-refractivity contribution in [3.05, 3.63) is 28.8 Å². The first-order valence-electron chi connectivity index (χ1n) is 10.5. The van der Waals surface area contributed by atoms with Gasteiger partial charge in [0.25, 0.3) is 5.91 Å². The van der Waals surface area contributed by atoms with E-state index in [1.54, 1.807) is 28.0 Å². The summed E-state index contributed by atoms with van der Waals surface area (Å²) < 4.78 is 5.37. The van der Waals surface area contributed by atoms with Gasteiger partial charge in [0.05, 0.1) is 17.1 Å². The van der Waals surface area contributed by atoms with Crippen LogP contribution in [-0.2, 0) is 9.53 Å². The standard InChI is InChI=1S/C22H33ClN4O4/c1-15(2)13-25-20(29)17-7-6-16(12-18(17)23)24-14-19(28)26-8-10-27(11-9-26)21(30)31-22(3,4)5/h6-7,12,15,24H,8-11,13-14H2,1-5H3,(H,25,29). The first-order valence-corrected chi connectivity index (χ1v) is 10.9. The minimum absolute atomic E-state index is 0.0706. The number of amides is 3. The molecule has 2 N–H and O–H groups in total. The maximum absolute atomic E-state index is 12.5. The molecule has 172 valence electrons. The Morgan fingerprint density at radius 3 is 2.26 bits per heavy atom. The van der Waals surface area contributed by atoms with Gasteiger partial charge in [0, 0.05) is 38.4 Å². The van der Waals surface area contributed by atoms with Crippen molar-refractivity contribution in [2.24, 2.45) is 5.92 Å². The van der Waals surface area contributed by atoms with Crippen LogP contribution in [0, 0.1) is 5.92 Å². The fourth-order valence-electron chi connectivity index (χ4n) is 2.96. The first kappa shape index (κ1) is 24.8. The molecule has 0 spiro atoms. The number of carbonyl (C=O) groups is 3. The Morgan fingerprint density at radius 2 is 1.71 bits per heavy atom. The summed E-state index contributed by atoms with van der Waals surface area (Å²) in [5, 5.41) is 6.21. The van der Waals surface area contributed by atoms with Crippen LogP contribution in [0.4, 0.5) is 10.5 Å². The van der Waals surface area contributed by atoms with Crippen molar-refractivity contribution in [1.82, 2.24) is 15.1 Å². The largest absolute Gasteiger partial charge is 0.444 e. The minimum Gasteiger partial charge on any atom is -0.444 e. The quantitative estimate of drug-likeness (QED) is 0.691. The van der Waals surface area contributed by atoms with Crippen molar-refractivity contribution < 1.29 is 19.1 Å². The summed E-state index contributed by atoms with van der Waals surface area (Å²) in [6.45, 7) is 12.0. The number of piperazine rings is 1. The van der Waals surface area contributed by atoms with Crippen LogP contribution < -0.4 is 10.6 Å². The minimum atomic E-state index is -0.542. The second kappa shape index (κ2) is 10.7. The van der Waals surface area contributed by atoms with Gasteiger partial charge in [-0.15, -0.1) is 0 Å². The lowest BCUT2D eigenvalue weighted by Gasteiger charge is -2.35. The van der Waals surface area contributed by atoms with Crippen LogP contribution in [-0.4, -0.2) is 72.6 Å². The fourth-order valence-corrected chi connectivity index (χ4v) is 3.22. The van der Waals surface area contributed by atoms with Crippen LogP contribution in [0.3, 0.4) is 0 Å². The van der Waals surface area contributed by atoms with Gasteiger partial charge in [0.1, 0.15) is 5.60 Å². The highest BCUT2D eigenvalue weighted by atomic mass is 35.5. The molecule has 1 aromatic carbocycles. The van der Waals surface area contributed by atoms with Gasteiger partial charge in [-0.05, 0) is 44.9 Å². The lowest BCUT2D eigenvalue weighted by Crippen LogP contribution is -2.52. The van der Waals surface area contributed by atoms with E-state index >= 15 is 0 Å². The number of halogens is 1. The molecule has 1 aromatic rings. The molecular weight excluding hydrogens is 420 g/mol. The van der Waals surface area contributed by atoms with Gasteiger partial charge < -0.3 is 25.2 Å². The van der Waals surface area contributed by atoms with Gasteiger partial charge in [-0.25, -0.2) is 4.79 Å². The Morgan fingerprint density at radius 1 is 1.10 bits per heavy atom. The molecule has 0 aliphatic carbocycles. The maximum Gasteiger partial charge on any atom is 0.410 e. The molecule has 9 heteroatoms. The molecule has 8 nitrogen and oxygen atoms in total. The molecule has 2 rings (SSSR count). The van der Waals surface area contributed by atoms with Crippen LogP contribution in [0.5, 0.6) is 0 Å². The van der Waals surface area contributed by atoms with Crippen LogP contribution in [0.1, 0.15) is 45.0 Å². The Balaban J connectivity index is 1.82. The van der Waals surface area contributed by atoms with Gasteiger partial charge >= 0.3 is 6.09 Å². The lowest BCUT2D eigenvalue weighted by molar-refractivity contribution is -0.131. The predicted octanol–water partition coefficient (Wildman–Crippen LogP) is 3.22. The van der Waals surface area contributed by atoms with E-state index in [1.807, 2.05) is 34.6 Å². The maximum atomic E-state index is 12.5. The number of hydrogen-bond donors (Lipinski definition) is 2. The van der Waals surface area contributed by atoms with Gasteiger partial charge in [0.2, 0.25) is 5.91 Å². The summed E-state index contributed by atoms with van der Waals surface area (Å²) in [6.07, 6.45) is -0.357. The predicted molar refractivity (Wildman–Crippen MR) is 121 cm³/mol. The molecule has 0 saturated carbocycles. The number of ether oxygens (including phenoxy) is 1. The van der Waals surface area contributed by atoms with E-state index in [2.05, 4.69) is 10.6 Å². The van der Waals surface area contributed by atoms with Crippen molar-refractivity contribution in [3.8, 4) is 0 Å². The molecule has 1 aliphatic rings. The zero-order chi connectivity index (χ0) is 23.2. The molecule has 1 heterocycles. The van der Waals surface area contributed by atoms with E-state index in [1.165, 1.54) is 0 Å². The summed E-state index contributed by atoms with van der Waals surface area (Å²) in [7, 11) is 0. The van der Waals surface area contributed by atoms with Gasteiger partial charge in [-0.1, -0.05) is 25.4 Å². The van der Waals surface area contributed by atoms with Crippen LogP contribution in [0.15, 0.2) is 18.2 Å². The zero-order valence-electron chi connectivity index (χ0n) is 19.0. The number of benzene rings is 1. The van der Waals surface area contributed by atoms with Crippen molar-refractivity contribution in [2.45, 2.75) is 40.2 Å². The lowest BCUT2D eigenvalue weighted by atomic mass is 10.1. The average molecular weight is 453 g/mol. The molecule has 1 aliphatic heterocycles. The molecule has 1 fully saturated rings. The fraction of sp³-hybridized carbons (Fsp3) is 0.591. The molecular formula is C22H33ClN4O4. The van der Waals surface area contributed by atoms with Crippen molar-refractivity contribution >= 4 is 35.2 Å². The molecule has 0 aromatic heterocycles. The van der Waals surface area contributed by atoms with Gasteiger partial charge in [-0.3, -0.25) is 9.59 Å². The first-order chi connectivity index (χ1) is 14.5. The third-order valence-electron chi connectivity index (χ3n) is 4.61. The molecule has 0 radical (unpaired) electrons. The Hall–Kier alpha value is -2.48. The molecule has 31 heavy (non-hydrogen) atoms. The second-order valence-corrected chi connectivity index (χ2v) is 9.41. The summed E-state index contributed by atoms with van der Waals surface area (Å²) in [6, 6.07) is 5.01. The SMILES string of the molecule is CC(C)CNC(=O)c1ccc(NCC(=O)N2CCN(C(=O)OC(C)(C)C)CC2)cc1Cl. The highest BCUT2D eigenvalue weighted by molar-refractivity contribution is 6.34. The number of nitrogens with zero attached hydrogens (tertiary/aromatic N) is 2. The number of rotatable bonds is 6. The van der Waals surface area contributed by atoms with E-state index < -0.39 is 5.60 Å². The van der Waals surface area contributed by atoms with E-state index in [0.29, 0.717) is 54.9 Å². The highest BCUT2D eigenvalue weighted by Crippen LogP contribution is 2.21. The van der Waals surface area contributed by atoms with Crippen LogP contribution >= 0.6 is 11.6 Å². The van der Waals surface area contributed by atoms with Crippen molar-refractivity contribution in [1.29, 1.82) is 0 Å². The normalized spacial score (nSPS) is 14.4. The number of hydrogen-bond acceptors (Lipinski definition) is 5. The van der Waals surface area contributed by atoms with Gasteiger partial charge in [0.15, 0.2) is 0 Å². The second-order valence-electron chi connectivity index (χ2n) is 9.00. The van der Waals surface area contributed by atoms with Crippen molar-refractivity contribution in [2.75, 3.05) is 44.6 Å². The van der Waals surface area contributed by atoms with E-state index in [-0.39, 0.29) is 24.5 Å². The van der Waals surface area contributed by atoms with Gasteiger partial charge in [-0.2, -0.15) is 0 Å². The van der Waals surface area contributed by atoms with E-state index in [9.17, 15) is 14.4 Å². The smallest absolute Gasteiger partial charge is 0.410 e. The van der Waals surface area contributed by atoms with Crippen LogP contribution in [0.2, 0.25) is 5.02 Å². The molecule has 0 bridgehead atoms. The third kappa shape index (κ3) is 7.94. The zero-order valence-corrected chi connectivity index (χ0v) is 19.7. The van der Waals surface area contributed by atoms with E-state index in [0.717, 1.165) is 0 Å². The molecule has 1 saturated heterocycles. The molecule has 0 atom stereocenters. The topological polar surface area (TPSA) is 91.0 Å². The average Bonchev–Trinajstić information content (AvgIpc) is 2.69. The number of anilines is 1. The third-order valence-corrected chi connectivity index (χ3v) is 4.93. The summed E-state index contributed by atoms with van der Waals surface area (Å²) in [4.78, 5) is 40.2. The number of carbonyl (C=O) groups excluding carboxylic acids is 3. The Kier molecular flexibility index (Phi) is 8.56.